The van der Waals surface area contributed by atoms with E-state index < -0.39 is 30.6 Å². The van der Waals surface area contributed by atoms with Crippen molar-refractivity contribution >= 4 is 12.1 Å². The van der Waals surface area contributed by atoms with E-state index in [1.165, 1.54) is 0 Å². The highest BCUT2D eigenvalue weighted by Crippen LogP contribution is 2.20. The lowest BCUT2D eigenvalue weighted by molar-refractivity contribution is -0.0102. The van der Waals surface area contributed by atoms with Crippen LogP contribution in [-0.2, 0) is 4.74 Å². The third-order valence-corrected chi connectivity index (χ3v) is 4.52. The normalized spacial score (nSPS) is 26.1. The number of nitrogens with zero attached hydrogens (tertiary/aromatic N) is 1. The van der Waals surface area contributed by atoms with Crippen LogP contribution in [0.3, 0.4) is 0 Å². The third-order valence-electron chi connectivity index (χ3n) is 4.52. The van der Waals surface area contributed by atoms with Gasteiger partial charge in [-0.25, -0.2) is 18.9 Å². The smallest absolute Gasteiger partial charge is 0.328 e. The lowest BCUT2D eigenvalue weighted by Gasteiger charge is -2.40. The van der Waals surface area contributed by atoms with Crippen LogP contribution in [0.2, 0.25) is 0 Å². The monoisotopic (exact) mass is 350 g/mol. The minimum atomic E-state index is -1.37. The van der Waals surface area contributed by atoms with E-state index >= 15 is 0 Å². The number of halogens is 1. The number of hydrogen-bond acceptors (Lipinski definition) is 4. The van der Waals surface area contributed by atoms with E-state index in [4.69, 9.17) is 4.74 Å². The number of imide groups is 1. The Bertz CT molecular complexity index is 639. The second-order valence-corrected chi connectivity index (χ2v) is 6.45. The lowest BCUT2D eigenvalue weighted by Crippen LogP contribution is -2.71. The van der Waals surface area contributed by atoms with Gasteiger partial charge in [0.2, 0.25) is 0 Å². The van der Waals surface area contributed by atoms with Crippen molar-refractivity contribution in [2.45, 2.75) is 44.8 Å². The number of amides is 4. The zero-order chi connectivity index (χ0) is 18.0. The molecular weight excluding hydrogens is 327 g/mol. The number of carbonyl (C=O) groups excluding carboxylic acids is 2. The molecule has 2 heterocycles. The molecule has 2 aliphatic rings. The van der Waals surface area contributed by atoms with E-state index in [0.29, 0.717) is 13.0 Å². The van der Waals surface area contributed by atoms with Crippen molar-refractivity contribution in [2.24, 2.45) is 0 Å². The standard InChI is InChI=1S/C17H23FN4O3/c1-10-4-3-5-12(8-10)11(2)19-15-20-16(23)22(17(24)21-15)14-6-7-25-9-13(14)18/h3-5,8,11,13-15,19H,6-7,9H2,1-2H3,(H,20,23)(H,21,24)/t11-,13+,14-/m0/s1. The number of urea groups is 2. The van der Waals surface area contributed by atoms with Gasteiger partial charge in [-0.3, -0.25) is 5.32 Å². The fraction of sp³-hybridized carbons (Fsp3) is 0.529. The number of rotatable bonds is 4. The van der Waals surface area contributed by atoms with Crippen LogP contribution in [0.25, 0.3) is 0 Å². The van der Waals surface area contributed by atoms with Gasteiger partial charge >= 0.3 is 12.1 Å². The fourth-order valence-corrected chi connectivity index (χ4v) is 3.17. The van der Waals surface area contributed by atoms with Crippen molar-refractivity contribution in [3.63, 3.8) is 0 Å². The number of ether oxygens (including phenoxy) is 1. The van der Waals surface area contributed by atoms with Gasteiger partial charge in [-0.15, -0.1) is 0 Å². The SMILES string of the molecule is Cc1cccc([C@H](C)NC2NC(=O)N([C@H]3CCOC[C@H]3F)C(=O)N2)c1. The molecule has 2 aliphatic heterocycles. The van der Waals surface area contributed by atoms with Crippen molar-refractivity contribution in [3.05, 3.63) is 35.4 Å². The molecule has 0 aromatic heterocycles. The van der Waals surface area contributed by atoms with E-state index in [2.05, 4.69) is 16.0 Å². The lowest BCUT2D eigenvalue weighted by atomic mass is 10.1. The number of alkyl halides is 1. The molecule has 4 amide bonds. The van der Waals surface area contributed by atoms with Gasteiger partial charge in [0.05, 0.1) is 12.6 Å². The zero-order valence-electron chi connectivity index (χ0n) is 14.3. The summed E-state index contributed by atoms with van der Waals surface area (Å²) in [5.74, 6) is 0. The first-order valence-electron chi connectivity index (χ1n) is 8.40. The average Bonchev–Trinajstić information content (AvgIpc) is 2.56. The van der Waals surface area contributed by atoms with Gasteiger partial charge in [0.25, 0.3) is 0 Å². The van der Waals surface area contributed by atoms with Crippen LogP contribution in [0.4, 0.5) is 14.0 Å². The van der Waals surface area contributed by atoms with E-state index in [0.717, 1.165) is 16.0 Å². The van der Waals surface area contributed by atoms with Crippen LogP contribution >= 0.6 is 0 Å². The first kappa shape index (κ1) is 17.6. The number of nitrogens with one attached hydrogen (secondary N) is 3. The summed E-state index contributed by atoms with van der Waals surface area (Å²) in [5.41, 5.74) is 2.17. The molecular formula is C17H23FN4O3. The maximum Gasteiger partial charge on any atom is 0.328 e. The molecule has 2 fully saturated rings. The largest absolute Gasteiger partial charge is 0.378 e. The molecule has 3 atom stereocenters. The molecule has 3 rings (SSSR count). The Morgan fingerprint density at radius 3 is 2.68 bits per heavy atom. The predicted molar refractivity (Wildman–Crippen MR) is 89.5 cm³/mol. The molecule has 8 heteroatoms. The van der Waals surface area contributed by atoms with Crippen LogP contribution in [0, 0.1) is 6.92 Å². The van der Waals surface area contributed by atoms with Gasteiger partial charge in [-0.2, -0.15) is 0 Å². The van der Waals surface area contributed by atoms with Gasteiger partial charge in [0, 0.05) is 12.6 Å². The van der Waals surface area contributed by atoms with Crippen molar-refractivity contribution in [1.82, 2.24) is 20.9 Å². The summed E-state index contributed by atoms with van der Waals surface area (Å²) >= 11 is 0. The van der Waals surface area contributed by atoms with Gasteiger partial charge in [-0.1, -0.05) is 29.8 Å². The van der Waals surface area contributed by atoms with Gasteiger partial charge in [-0.05, 0) is 25.8 Å². The first-order valence-corrected chi connectivity index (χ1v) is 8.40. The quantitative estimate of drug-likeness (QED) is 0.773. The molecule has 1 aromatic carbocycles. The third kappa shape index (κ3) is 3.91. The summed E-state index contributed by atoms with van der Waals surface area (Å²) in [6.45, 7) is 4.16. The zero-order valence-corrected chi connectivity index (χ0v) is 14.3. The number of aryl methyl sites for hydroxylation is 1. The Morgan fingerprint density at radius 1 is 1.32 bits per heavy atom. The van der Waals surface area contributed by atoms with Crippen LogP contribution in [0.1, 0.15) is 30.5 Å². The van der Waals surface area contributed by atoms with Crippen LogP contribution < -0.4 is 16.0 Å². The van der Waals surface area contributed by atoms with Crippen LogP contribution in [0.15, 0.2) is 24.3 Å². The molecule has 0 spiro atoms. The summed E-state index contributed by atoms with van der Waals surface area (Å²) in [4.78, 5) is 25.6. The molecule has 2 saturated heterocycles. The molecule has 0 unspecified atom stereocenters. The molecule has 0 radical (unpaired) electrons. The summed E-state index contributed by atoms with van der Waals surface area (Å²) in [6.07, 6.45) is -1.80. The van der Waals surface area contributed by atoms with Crippen LogP contribution in [0.5, 0.6) is 0 Å². The Hall–Kier alpha value is -2.19. The molecule has 0 aliphatic carbocycles. The summed E-state index contributed by atoms with van der Waals surface area (Å²) in [6, 6.07) is 5.86. The topological polar surface area (TPSA) is 82.7 Å². The highest BCUT2D eigenvalue weighted by atomic mass is 19.1. The summed E-state index contributed by atoms with van der Waals surface area (Å²) in [7, 11) is 0. The first-order chi connectivity index (χ1) is 12.0. The Labute approximate surface area is 145 Å². The maximum absolute atomic E-state index is 14.0. The van der Waals surface area contributed by atoms with Crippen molar-refractivity contribution < 1.29 is 18.7 Å². The highest BCUT2D eigenvalue weighted by molar-refractivity contribution is 5.96. The Kier molecular flexibility index (Phi) is 5.19. The van der Waals surface area contributed by atoms with Gasteiger partial charge in [0.1, 0.15) is 6.17 Å². The maximum atomic E-state index is 14.0. The summed E-state index contributed by atoms with van der Waals surface area (Å²) < 4.78 is 19.0. The number of carbonyl (C=O) groups is 2. The Morgan fingerprint density at radius 2 is 2.04 bits per heavy atom. The van der Waals surface area contributed by atoms with E-state index in [1.807, 2.05) is 38.1 Å². The summed E-state index contributed by atoms with van der Waals surface area (Å²) in [5, 5.41) is 8.48. The van der Waals surface area contributed by atoms with Crippen molar-refractivity contribution in [2.75, 3.05) is 13.2 Å². The van der Waals surface area contributed by atoms with E-state index in [-0.39, 0.29) is 12.6 Å². The minimum Gasteiger partial charge on any atom is -0.378 e. The van der Waals surface area contributed by atoms with Crippen LogP contribution in [-0.4, -0.2) is 48.7 Å². The van der Waals surface area contributed by atoms with E-state index in [1.54, 1.807) is 0 Å². The molecule has 0 saturated carbocycles. The van der Waals surface area contributed by atoms with E-state index in [9.17, 15) is 14.0 Å². The van der Waals surface area contributed by atoms with Crippen molar-refractivity contribution in [1.29, 1.82) is 0 Å². The fourth-order valence-electron chi connectivity index (χ4n) is 3.17. The molecule has 1 aromatic rings. The molecule has 7 nitrogen and oxygen atoms in total. The Balaban J connectivity index is 1.63. The molecule has 136 valence electrons. The second-order valence-electron chi connectivity index (χ2n) is 6.45. The van der Waals surface area contributed by atoms with Gasteiger partial charge < -0.3 is 15.4 Å². The molecule has 25 heavy (non-hydrogen) atoms. The average molecular weight is 350 g/mol. The molecule has 3 N–H and O–H groups in total. The number of benzene rings is 1. The highest BCUT2D eigenvalue weighted by Gasteiger charge is 2.41. The van der Waals surface area contributed by atoms with Gasteiger partial charge in [0.15, 0.2) is 6.29 Å². The number of hydrogen-bond donors (Lipinski definition) is 3. The van der Waals surface area contributed by atoms with Crippen molar-refractivity contribution in [3.8, 4) is 0 Å². The molecule has 0 bridgehead atoms. The predicted octanol–water partition coefficient (Wildman–Crippen LogP) is 1.79. The second kappa shape index (κ2) is 7.37. The minimum absolute atomic E-state index is 0.0888.